The Bertz CT molecular complexity index is 426. The molecule has 174 valence electrons. The zero-order chi connectivity index (χ0) is 22.2. The fourth-order valence-corrected chi connectivity index (χ4v) is 4.82. The van der Waals surface area contributed by atoms with E-state index in [0.29, 0.717) is 0 Å². The summed E-state index contributed by atoms with van der Waals surface area (Å²) in [7, 11) is 0. The maximum absolute atomic E-state index is 6.33. The first-order valence-corrected chi connectivity index (χ1v) is 12.4. The minimum absolute atomic E-state index is 0.0999. The van der Waals surface area contributed by atoms with Crippen molar-refractivity contribution in [2.45, 2.75) is 150 Å². The summed E-state index contributed by atoms with van der Waals surface area (Å²) in [6.45, 7) is 20.0. The Morgan fingerprint density at radius 2 is 1.14 bits per heavy atom. The summed E-state index contributed by atoms with van der Waals surface area (Å²) in [5.41, 5.74) is -0.423. The van der Waals surface area contributed by atoms with Crippen molar-refractivity contribution in [2.24, 2.45) is 11.3 Å². The lowest BCUT2D eigenvalue weighted by atomic mass is 9.66. The first-order chi connectivity index (χ1) is 13.6. The first kappa shape index (κ1) is 26.9. The summed E-state index contributed by atoms with van der Waals surface area (Å²) in [6.07, 6.45) is 10.8. The smallest absolute Gasteiger partial charge is 0.227 e. The van der Waals surface area contributed by atoms with Crippen molar-refractivity contribution in [3.8, 4) is 0 Å². The predicted molar refractivity (Wildman–Crippen MR) is 120 cm³/mol. The third-order valence-corrected chi connectivity index (χ3v) is 7.89. The van der Waals surface area contributed by atoms with Gasteiger partial charge in [-0.15, -0.1) is 0 Å². The van der Waals surface area contributed by atoms with Gasteiger partial charge in [0.2, 0.25) is 5.79 Å². The van der Waals surface area contributed by atoms with E-state index in [2.05, 4.69) is 62.3 Å². The Hall–Kier alpha value is -0.160. The van der Waals surface area contributed by atoms with Crippen LogP contribution in [0.5, 0.6) is 0 Å². The van der Waals surface area contributed by atoms with Gasteiger partial charge in [0.1, 0.15) is 11.2 Å². The molecule has 29 heavy (non-hydrogen) atoms. The van der Waals surface area contributed by atoms with E-state index in [1.165, 1.54) is 0 Å². The zero-order valence-electron chi connectivity index (χ0n) is 21.0. The lowest BCUT2D eigenvalue weighted by Crippen LogP contribution is -2.54. The molecule has 1 unspecified atom stereocenters. The molecular weight excluding hydrogens is 364 g/mol. The predicted octanol–water partition coefficient (Wildman–Crippen LogP) is 8.14. The summed E-state index contributed by atoms with van der Waals surface area (Å²) in [5, 5.41) is 0. The molecule has 0 aromatic carbocycles. The van der Waals surface area contributed by atoms with E-state index in [1.54, 1.807) is 0 Å². The third kappa shape index (κ3) is 6.41. The van der Waals surface area contributed by atoms with Crippen molar-refractivity contribution < 1.29 is 19.6 Å². The van der Waals surface area contributed by atoms with E-state index in [1.807, 2.05) is 0 Å². The molecule has 1 rings (SSSR count). The van der Waals surface area contributed by atoms with Crippen LogP contribution in [-0.4, -0.2) is 17.0 Å². The van der Waals surface area contributed by atoms with E-state index in [-0.39, 0.29) is 22.5 Å². The van der Waals surface area contributed by atoms with Crippen molar-refractivity contribution in [1.82, 2.24) is 0 Å². The van der Waals surface area contributed by atoms with Gasteiger partial charge >= 0.3 is 0 Å². The SMILES string of the molecule is CCCC(CC)(CC)OOC1(OOC(CC)(CC)CCC)CCCC(C)(C)C1C. The maximum Gasteiger partial charge on any atom is 0.237 e. The minimum Gasteiger partial charge on any atom is -0.227 e. The van der Waals surface area contributed by atoms with Crippen molar-refractivity contribution >= 4 is 0 Å². The van der Waals surface area contributed by atoms with Gasteiger partial charge in [-0.1, -0.05) is 75.2 Å². The van der Waals surface area contributed by atoms with Gasteiger partial charge in [0, 0.05) is 12.3 Å². The molecule has 0 aromatic rings. The van der Waals surface area contributed by atoms with Crippen LogP contribution in [0.4, 0.5) is 0 Å². The van der Waals surface area contributed by atoms with Gasteiger partial charge in [0.25, 0.3) is 0 Å². The molecule has 4 heteroatoms. The van der Waals surface area contributed by atoms with Gasteiger partial charge in [-0.05, 0) is 56.8 Å². The molecule has 0 spiro atoms. The maximum atomic E-state index is 6.33. The quantitative estimate of drug-likeness (QED) is 0.163. The summed E-state index contributed by atoms with van der Waals surface area (Å²) in [4.78, 5) is 25.2. The Morgan fingerprint density at radius 3 is 1.48 bits per heavy atom. The van der Waals surface area contributed by atoms with E-state index in [0.717, 1.165) is 70.6 Å². The topological polar surface area (TPSA) is 36.9 Å². The van der Waals surface area contributed by atoms with E-state index >= 15 is 0 Å². The van der Waals surface area contributed by atoms with Crippen LogP contribution in [0.25, 0.3) is 0 Å². The molecule has 4 nitrogen and oxygen atoms in total. The van der Waals surface area contributed by atoms with E-state index in [4.69, 9.17) is 19.6 Å². The summed E-state index contributed by atoms with van der Waals surface area (Å²) in [5.74, 6) is -0.709. The highest BCUT2D eigenvalue weighted by Crippen LogP contribution is 2.50. The first-order valence-electron chi connectivity index (χ1n) is 12.4. The molecule has 0 heterocycles. The van der Waals surface area contributed by atoms with Crippen LogP contribution in [0, 0.1) is 11.3 Å². The number of hydrogen-bond donors (Lipinski definition) is 0. The molecule has 1 saturated carbocycles. The second kappa shape index (κ2) is 11.5. The molecule has 0 bridgehead atoms. The van der Waals surface area contributed by atoms with Crippen molar-refractivity contribution in [1.29, 1.82) is 0 Å². The average molecular weight is 415 g/mol. The molecule has 0 N–H and O–H groups in total. The summed E-state index contributed by atoms with van der Waals surface area (Å²) < 4.78 is 0. The van der Waals surface area contributed by atoms with Crippen molar-refractivity contribution in [2.75, 3.05) is 0 Å². The molecule has 1 fully saturated rings. The molecule has 0 amide bonds. The Kier molecular flexibility index (Phi) is 10.6. The van der Waals surface area contributed by atoms with Crippen LogP contribution >= 0.6 is 0 Å². The molecule has 1 atom stereocenters. The van der Waals surface area contributed by atoms with E-state index in [9.17, 15) is 0 Å². The second-order valence-electron chi connectivity index (χ2n) is 9.99. The standard InChI is InChI=1S/C25H50O4/c1-10-17-23(12-3,13-4)26-28-25(20-16-19-22(8,9)21(25)7)29-27-24(14-5,15-6)18-11-2/h21H,10-20H2,1-9H3. The zero-order valence-corrected chi connectivity index (χ0v) is 21.0. The van der Waals surface area contributed by atoms with Crippen LogP contribution in [0.2, 0.25) is 0 Å². The molecule has 0 aromatic heterocycles. The van der Waals surface area contributed by atoms with Crippen LogP contribution in [-0.2, 0) is 19.6 Å². The lowest BCUT2D eigenvalue weighted by molar-refractivity contribution is -0.566. The number of hydrogen-bond acceptors (Lipinski definition) is 4. The molecule has 0 aliphatic heterocycles. The monoisotopic (exact) mass is 414 g/mol. The highest BCUT2D eigenvalue weighted by atomic mass is 17.3. The largest absolute Gasteiger partial charge is 0.237 e. The molecule has 1 aliphatic carbocycles. The number of rotatable bonds is 14. The molecule has 0 radical (unpaired) electrons. The van der Waals surface area contributed by atoms with E-state index < -0.39 is 5.79 Å². The van der Waals surface area contributed by atoms with Crippen molar-refractivity contribution in [3.63, 3.8) is 0 Å². The normalized spacial score (nSPS) is 22.0. The Labute approximate surface area is 181 Å². The third-order valence-electron chi connectivity index (χ3n) is 7.89. The van der Waals surface area contributed by atoms with Crippen molar-refractivity contribution in [3.05, 3.63) is 0 Å². The molecule has 0 saturated heterocycles. The van der Waals surface area contributed by atoms with Gasteiger partial charge in [-0.2, -0.15) is 9.78 Å². The Morgan fingerprint density at radius 1 is 0.724 bits per heavy atom. The second-order valence-corrected chi connectivity index (χ2v) is 9.99. The minimum atomic E-state index is -0.867. The Balaban J connectivity index is 3.13. The van der Waals surface area contributed by atoms with Crippen LogP contribution in [0.1, 0.15) is 133 Å². The highest BCUT2D eigenvalue weighted by Gasteiger charge is 2.53. The van der Waals surface area contributed by atoms with Gasteiger partial charge < -0.3 is 0 Å². The van der Waals surface area contributed by atoms with Gasteiger partial charge in [-0.25, -0.2) is 9.78 Å². The van der Waals surface area contributed by atoms with Gasteiger partial charge in [0.05, 0.1) is 0 Å². The van der Waals surface area contributed by atoms with Crippen LogP contribution < -0.4 is 0 Å². The van der Waals surface area contributed by atoms with Crippen LogP contribution in [0.3, 0.4) is 0 Å². The molecule has 1 aliphatic rings. The fourth-order valence-electron chi connectivity index (χ4n) is 4.82. The highest BCUT2D eigenvalue weighted by molar-refractivity contribution is 4.92. The average Bonchev–Trinajstić information content (AvgIpc) is 2.72. The lowest BCUT2D eigenvalue weighted by Gasteiger charge is -2.50. The van der Waals surface area contributed by atoms with Crippen LogP contribution in [0.15, 0.2) is 0 Å². The summed E-state index contributed by atoms with van der Waals surface area (Å²) in [6, 6.07) is 0. The van der Waals surface area contributed by atoms with Gasteiger partial charge in [0.15, 0.2) is 0 Å². The fraction of sp³-hybridized carbons (Fsp3) is 1.00. The molecular formula is C25H50O4. The van der Waals surface area contributed by atoms with Gasteiger partial charge in [-0.3, -0.25) is 0 Å². The summed E-state index contributed by atoms with van der Waals surface area (Å²) >= 11 is 0.